The Labute approximate surface area is 229 Å². The first-order valence-electron chi connectivity index (χ1n) is 14.2. The van der Waals surface area contributed by atoms with Gasteiger partial charge in [-0.05, 0) is 67.1 Å². The van der Waals surface area contributed by atoms with Crippen molar-refractivity contribution in [2.45, 2.75) is 51.6 Å². The van der Waals surface area contributed by atoms with E-state index >= 15 is 0 Å². The second-order valence-corrected chi connectivity index (χ2v) is 11.1. The van der Waals surface area contributed by atoms with Crippen LogP contribution in [-0.4, -0.2) is 38.3 Å². The fraction of sp³-hybridized carbons (Fsp3) is 0.394. The largest absolute Gasteiger partial charge is 0.496 e. The molecule has 202 valence electrons. The van der Waals surface area contributed by atoms with Crippen LogP contribution >= 0.6 is 0 Å². The van der Waals surface area contributed by atoms with Crippen LogP contribution in [0.2, 0.25) is 0 Å². The van der Waals surface area contributed by atoms with Crippen LogP contribution in [0.5, 0.6) is 11.5 Å². The molecule has 2 aliphatic heterocycles. The van der Waals surface area contributed by atoms with E-state index in [4.69, 9.17) is 9.47 Å². The van der Waals surface area contributed by atoms with Crippen LogP contribution in [0, 0.1) is 17.7 Å². The molecule has 0 amide bonds. The first kappa shape index (κ1) is 25.8. The summed E-state index contributed by atoms with van der Waals surface area (Å²) in [6.45, 7) is 4.51. The topological polar surface area (TPSA) is 52.3 Å². The average Bonchev–Trinajstić information content (AvgIpc) is 3.67. The van der Waals surface area contributed by atoms with Gasteiger partial charge < -0.3 is 14.4 Å². The van der Waals surface area contributed by atoms with Crippen molar-refractivity contribution in [3.05, 3.63) is 77.1 Å². The maximum atomic E-state index is 13.6. The normalized spacial score (nSPS) is 23.1. The zero-order valence-electron chi connectivity index (χ0n) is 22.7. The lowest BCUT2D eigenvalue weighted by Gasteiger charge is -2.23. The lowest BCUT2D eigenvalue weighted by molar-refractivity contribution is -0.927. The molecule has 5 nitrogen and oxygen atoms in total. The van der Waals surface area contributed by atoms with Gasteiger partial charge in [0.2, 0.25) is 0 Å². The highest BCUT2D eigenvalue weighted by atomic mass is 19.1. The zero-order chi connectivity index (χ0) is 26.9. The molecule has 3 aromatic carbocycles. The maximum Gasteiger partial charge on any atom is 0.163 e. The quantitative estimate of drug-likeness (QED) is 0.368. The molecule has 0 bridgehead atoms. The van der Waals surface area contributed by atoms with Gasteiger partial charge in [-0.1, -0.05) is 24.3 Å². The number of nitrogens with one attached hydrogen (secondary N) is 1. The van der Waals surface area contributed by atoms with Crippen LogP contribution in [0.15, 0.2) is 59.6 Å². The molecular weight excluding hydrogens is 491 g/mol. The number of hydrogen-bond acceptors (Lipinski definition) is 4. The summed E-state index contributed by atoms with van der Waals surface area (Å²) in [5, 5.41) is 0. The van der Waals surface area contributed by atoms with Gasteiger partial charge in [0, 0.05) is 42.5 Å². The highest BCUT2D eigenvalue weighted by Gasteiger charge is 2.47. The molecule has 2 heterocycles. The van der Waals surface area contributed by atoms with E-state index in [-0.39, 0.29) is 11.6 Å². The average molecular weight is 528 g/mol. The number of halogens is 1. The van der Waals surface area contributed by atoms with Crippen LogP contribution in [0.3, 0.4) is 0 Å². The zero-order valence-corrected chi connectivity index (χ0v) is 22.7. The van der Waals surface area contributed by atoms with Crippen LogP contribution in [0.4, 0.5) is 10.1 Å². The third-order valence-electron chi connectivity index (χ3n) is 8.90. The molecule has 0 radical (unpaired) electrons. The van der Waals surface area contributed by atoms with E-state index in [0.717, 1.165) is 72.6 Å². The Morgan fingerprint density at radius 3 is 2.67 bits per heavy atom. The van der Waals surface area contributed by atoms with Crippen LogP contribution in [0.1, 0.15) is 54.1 Å². The number of methoxy groups -OCH3 is 1. The molecule has 0 aromatic heterocycles. The summed E-state index contributed by atoms with van der Waals surface area (Å²) >= 11 is 0. The lowest BCUT2D eigenvalue weighted by Crippen LogP contribution is -3.12. The fourth-order valence-corrected chi connectivity index (χ4v) is 7.07. The predicted molar refractivity (Wildman–Crippen MR) is 151 cm³/mol. The van der Waals surface area contributed by atoms with Gasteiger partial charge in [-0.2, -0.15) is 0 Å². The predicted octanol–water partition coefficient (Wildman–Crippen LogP) is 5.61. The van der Waals surface area contributed by atoms with E-state index in [0.29, 0.717) is 30.9 Å². The van der Waals surface area contributed by atoms with Crippen molar-refractivity contribution in [3.8, 4) is 22.6 Å². The fourth-order valence-electron chi connectivity index (χ4n) is 7.07. The third kappa shape index (κ3) is 5.10. The van der Waals surface area contributed by atoms with Crippen molar-refractivity contribution >= 4 is 17.7 Å². The molecule has 39 heavy (non-hydrogen) atoms. The number of rotatable bonds is 9. The molecule has 2 fully saturated rings. The minimum absolute atomic E-state index is 0.251. The second kappa shape index (κ2) is 10.9. The number of likely N-dealkylation sites (tertiary alicyclic amines) is 1. The SMILES string of the molecule is CCOc1cc(C[NH+]2CC[C@H]3C(CC(=O)c4ccc5c(c4)N=CC5)CC[C@H]32)cc(OC)c1-c1ccc(F)cc1. The number of Topliss-reactive ketones (excluding diaryl/α,β-unsaturated/α-hetero) is 1. The molecule has 0 spiro atoms. The lowest BCUT2D eigenvalue weighted by atomic mass is 9.87. The molecule has 3 aliphatic rings. The summed E-state index contributed by atoms with van der Waals surface area (Å²) in [7, 11) is 1.67. The van der Waals surface area contributed by atoms with Gasteiger partial charge in [0.25, 0.3) is 0 Å². The third-order valence-corrected chi connectivity index (χ3v) is 8.90. The summed E-state index contributed by atoms with van der Waals surface area (Å²) in [4.78, 5) is 19.2. The number of ketones is 1. The summed E-state index contributed by atoms with van der Waals surface area (Å²) < 4.78 is 25.4. The minimum atomic E-state index is -0.266. The van der Waals surface area contributed by atoms with Crippen molar-refractivity contribution in [3.63, 3.8) is 0 Å². The molecule has 1 saturated heterocycles. The summed E-state index contributed by atoms with van der Waals surface area (Å²) in [5.74, 6) is 2.53. The number of carbonyl (C=O) groups excluding carboxylic acids is 1. The molecule has 3 aromatic rings. The van der Waals surface area contributed by atoms with Gasteiger partial charge >= 0.3 is 0 Å². The molecule has 1 N–H and O–H groups in total. The smallest absolute Gasteiger partial charge is 0.163 e. The molecular formula is C33H36FN2O3+. The summed E-state index contributed by atoms with van der Waals surface area (Å²) in [5.41, 5.74) is 5.86. The molecule has 6 heteroatoms. The van der Waals surface area contributed by atoms with Gasteiger partial charge in [0.1, 0.15) is 23.9 Å². The maximum absolute atomic E-state index is 13.6. The standard InChI is InChI=1S/C33H35FN2O3/c1-3-39-32-17-21(16-31(38-2)33(32)23-6-9-26(34)10-7-23)20-36-15-13-27-24(8-11-29(27)36)19-30(37)25-5-4-22-12-14-35-28(22)18-25/h4-7,9-10,14,16-18,24,27,29H,3,8,11-13,15,19-20H2,1-2H3/p+1/t24?,27-,29+/m0/s1. The Hall–Kier alpha value is -3.51. The Balaban J connectivity index is 1.17. The summed E-state index contributed by atoms with van der Waals surface area (Å²) in [6.07, 6.45) is 6.85. The Morgan fingerprint density at radius 2 is 1.87 bits per heavy atom. The van der Waals surface area contributed by atoms with E-state index < -0.39 is 0 Å². The van der Waals surface area contributed by atoms with Gasteiger partial charge in [0.05, 0.1) is 37.6 Å². The number of fused-ring (bicyclic) bond motifs is 2. The Kier molecular flexibility index (Phi) is 7.22. The number of nitrogens with zero attached hydrogens (tertiary/aromatic N) is 1. The number of carbonyl (C=O) groups is 1. The van der Waals surface area contributed by atoms with E-state index in [1.165, 1.54) is 23.3 Å². The molecule has 2 unspecified atom stereocenters. The first-order chi connectivity index (χ1) is 19.0. The van der Waals surface area contributed by atoms with E-state index in [1.807, 2.05) is 25.3 Å². The Morgan fingerprint density at radius 1 is 1.05 bits per heavy atom. The molecule has 1 saturated carbocycles. The van der Waals surface area contributed by atoms with E-state index in [2.05, 4.69) is 23.2 Å². The highest BCUT2D eigenvalue weighted by molar-refractivity contribution is 5.97. The molecule has 4 atom stereocenters. The van der Waals surface area contributed by atoms with E-state index in [9.17, 15) is 9.18 Å². The van der Waals surface area contributed by atoms with Gasteiger partial charge in [0.15, 0.2) is 5.78 Å². The van der Waals surface area contributed by atoms with Crippen molar-refractivity contribution in [2.24, 2.45) is 16.8 Å². The number of ether oxygens (including phenoxy) is 2. The molecule has 6 rings (SSSR count). The van der Waals surface area contributed by atoms with Crippen molar-refractivity contribution in [1.82, 2.24) is 0 Å². The van der Waals surface area contributed by atoms with Gasteiger partial charge in [-0.25, -0.2) is 4.39 Å². The highest BCUT2D eigenvalue weighted by Crippen LogP contribution is 2.41. The first-order valence-corrected chi connectivity index (χ1v) is 14.2. The van der Waals surface area contributed by atoms with Crippen LogP contribution in [0.25, 0.3) is 11.1 Å². The van der Waals surface area contributed by atoms with Gasteiger partial charge in [-0.15, -0.1) is 0 Å². The number of aliphatic imine (C=N–C) groups is 1. The number of hydrogen-bond donors (Lipinski definition) is 1. The van der Waals surface area contributed by atoms with E-state index in [1.54, 1.807) is 24.1 Å². The minimum Gasteiger partial charge on any atom is -0.496 e. The molecule has 1 aliphatic carbocycles. The van der Waals surface area contributed by atoms with Crippen molar-refractivity contribution < 1.29 is 23.6 Å². The summed E-state index contributed by atoms with van der Waals surface area (Å²) in [6, 6.07) is 17.3. The Bertz CT molecular complexity index is 1400. The van der Waals surface area contributed by atoms with Crippen LogP contribution in [-0.2, 0) is 13.0 Å². The van der Waals surface area contributed by atoms with Crippen LogP contribution < -0.4 is 14.4 Å². The van der Waals surface area contributed by atoms with Crippen molar-refractivity contribution in [1.29, 1.82) is 0 Å². The number of benzene rings is 3. The second-order valence-electron chi connectivity index (χ2n) is 11.1. The monoisotopic (exact) mass is 527 g/mol. The van der Waals surface area contributed by atoms with Crippen molar-refractivity contribution in [2.75, 3.05) is 20.3 Å². The van der Waals surface area contributed by atoms with Gasteiger partial charge in [-0.3, -0.25) is 9.79 Å². The number of quaternary nitrogens is 1.